The summed E-state index contributed by atoms with van der Waals surface area (Å²) in [6.45, 7) is 4.32. The van der Waals surface area contributed by atoms with Crippen LogP contribution in [0.2, 0.25) is 0 Å². The number of amides is 1. The third-order valence-corrected chi connectivity index (χ3v) is 3.83. The molecule has 0 bridgehead atoms. The van der Waals surface area contributed by atoms with E-state index in [0.717, 1.165) is 36.6 Å². The van der Waals surface area contributed by atoms with Crippen LogP contribution in [0.1, 0.15) is 37.2 Å². The summed E-state index contributed by atoms with van der Waals surface area (Å²) in [5.41, 5.74) is 1.74. The largest absolute Gasteiger partial charge is 0.334 e. The van der Waals surface area contributed by atoms with Gasteiger partial charge >= 0.3 is 0 Å². The zero-order chi connectivity index (χ0) is 15.5. The van der Waals surface area contributed by atoms with Crippen molar-refractivity contribution in [1.82, 2.24) is 19.9 Å². The Morgan fingerprint density at radius 3 is 2.91 bits per heavy atom. The average molecular weight is 297 g/mol. The van der Waals surface area contributed by atoms with E-state index < -0.39 is 0 Å². The van der Waals surface area contributed by atoms with Crippen LogP contribution in [0.15, 0.2) is 30.6 Å². The Hall–Kier alpha value is -2.50. The van der Waals surface area contributed by atoms with Crippen LogP contribution in [0.4, 0.5) is 11.6 Å². The van der Waals surface area contributed by atoms with Crippen LogP contribution < -0.4 is 5.32 Å². The lowest BCUT2D eigenvalue weighted by atomic mass is 10.1. The summed E-state index contributed by atoms with van der Waals surface area (Å²) in [7, 11) is 0. The molecule has 3 rings (SSSR count). The van der Waals surface area contributed by atoms with E-state index >= 15 is 0 Å². The molecular formula is C16H19N5O. The number of nitrogens with zero attached hydrogens (tertiary/aromatic N) is 4. The zero-order valence-electron chi connectivity index (χ0n) is 12.8. The van der Waals surface area contributed by atoms with Gasteiger partial charge in [0.2, 0.25) is 5.91 Å². The third kappa shape index (κ3) is 2.90. The molecule has 0 saturated carbocycles. The van der Waals surface area contributed by atoms with Crippen molar-refractivity contribution in [3.63, 3.8) is 0 Å². The molecule has 0 aliphatic carbocycles. The highest BCUT2D eigenvalue weighted by atomic mass is 16.2. The van der Waals surface area contributed by atoms with Gasteiger partial charge in [0.25, 0.3) is 0 Å². The van der Waals surface area contributed by atoms with Crippen LogP contribution in [-0.4, -0.2) is 32.3 Å². The number of hydrogen-bond acceptors (Lipinski definition) is 5. The lowest BCUT2D eigenvalue weighted by molar-refractivity contribution is -0.129. The van der Waals surface area contributed by atoms with Crippen molar-refractivity contribution < 1.29 is 4.79 Å². The Labute approximate surface area is 129 Å². The fourth-order valence-corrected chi connectivity index (χ4v) is 2.85. The highest BCUT2D eigenvalue weighted by Crippen LogP contribution is 2.34. The van der Waals surface area contributed by atoms with Gasteiger partial charge in [-0.25, -0.2) is 9.97 Å². The maximum absolute atomic E-state index is 11.8. The second-order valence-corrected chi connectivity index (χ2v) is 5.45. The molecule has 0 spiro atoms. The van der Waals surface area contributed by atoms with Gasteiger partial charge in [-0.15, -0.1) is 0 Å². The van der Waals surface area contributed by atoms with Gasteiger partial charge < -0.3 is 10.2 Å². The van der Waals surface area contributed by atoms with Gasteiger partial charge in [-0.05, 0) is 31.9 Å². The first-order valence-electron chi connectivity index (χ1n) is 7.44. The molecule has 22 heavy (non-hydrogen) atoms. The SMILES string of the molecule is CC(=O)N1CCC[C@@H]1c1nccnc1Nc1cccc(C)n1. The molecule has 6 heteroatoms. The molecule has 1 saturated heterocycles. The molecule has 0 radical (unpaired) electrons. The molecule has 1 atom stereocenters. The minimum absolute atomic E-state index is 0.0153. The number of anilines is 2. The summed E-state index contributed by atoms with van der Waals surface area (Å²) in [6, 6.07) is 5.76. The summed E-state index contributed by atoms with van der Waals surface area (Å²) in [5, 5.41) is 3.23. The number of hydrogen-bond donors (Lipinski definition) is 1. The number of likely N-dealkylation sites (tertiary alicyclic amines) is 1. The molecular weight excluding hydrogens is 278 g/mol. The Morgan fingerprint density at radius 1 is 1.32 bits per heavy atom. The molecule has 3 heterocycles. The highest BCUT2D eigenvalue weighted by Gasteiger charge is 2.31. The van der Waals surface area contributed by atoms with Crippen molar-refractivity contribution in [3.05, 3.63) is 42.0 Å². The van der Waals surface area contributed by atoms with Gasteiger partial charge in [0.15, 0.2) is 5.82 Å². The molecule has 1 aliphatic heterocycles. The first-order chi connectivity index (χ1) is 10.6. The highest BCUT2D eigenvalue weighted by molar-refractivity contribution is 5.74. The molecule has 0 unspecified atom stereocenters. The smallest absolute Gasteiger partial charge is 0.220 e. The Balaban J connectivity index is 1.91. The maximum atomic E-state index is 11.8. The van der Waals surface area contributed by atoms with E-state index in [9.17, 15) is 4.79 Å². The number of pyridine rings is 1. The van der Waals surface area contributed by atoms with E-state index in [4.69, 9.17) is 0 Å². The van der Waals surface area contributed by atoms with Crippen molar-refractivity contribution >= 4 is 17.5 Å². The van der Waals surface area contributed by atoms with Crippen LogP contribution in [0.25, 0.3) is 0 Å². The van der Waals surface area contributed by atoms with Gasteiger partial charge in [-0.2, -0.15) is 0 Å². The van der Waals surface area contributed by atoms with E-state index in [2.05, 4.69) is 20.3 Å². The van der Waals surface area contributed by atoms with Crippen LogP contribution in [0.5, 0.6) is 0 Å². The normalized spacial score (nSPS) is 17.5. The zero-order valence-corrected chi connectivity index (χ0v) is 12.8. The fraction of sp³-hybridized carbons (Fsp3) is 0.375. The van der Waals surface area contributed by atoms with E-state index in [1.54, 1.807) is 19.3 Å². The molecule has 0 aromatic carbocycles. The average Bonchev–Trinajstić information content (AvgIpc) is 2.97. The lowest BCUT2D eigenvalue weighted by Crippen LogP contribution is -2.29. The van der Waals surface area contributed by atoms with Gasteiger partial charge in [0.05, 0.1) is 6.04 Å². The second-order valence-electron chi connectivity index (χ2n) is 5.45. The van der Waals surface area contributed by atoms with Gasteiger partial charge in [0.1, 0.15) is 11.5 Å². The number of aryl methyl sites for hydroxylation is 1. The van der Waals surface area contributed by atoms with E-state index in [0.29, 0.717) is 5.82 Å². The van der Waals surface area contributed by atoms with Crippen LogP contribution >= 0.6 is 0 Å². The number of aromatic nitrogens is 3. The first kappa shape index (κ1) is 14.4. The number of rotatable bonds is 3. The summed E-state index contributed by atoms with van der Waals surface area (Å²) >= 11 is 0. The first-order valence-corrected chi connectivity index (χ1v) is 7.44. The monoisotopic (exact) mass is 297 g/mol. The predicted molar refractivity (Wildman–Crippen MR) is 83.7 cm³/mol. The summed E-state index contributed by atoms with van der Waals surface area (Å²) < 4.78 is 0. The van der Waals surface area contributed by atoms with Crippen molar-refractivity contribution in [2.45, 2.75) is 32.7 Å². The van der Waals surface area contributed by atoms with Crippen LogP contribution in [0.3, 0.4) is 0 Å². The minimum atomic E-state index is -0.0153. The van der Waals surface area contributed by atoms with Crippen molar-refractivity contribution in [1.29, 1.82) is 0 Å². The summed E-state index contributed by atoms with van der Waals surface area (Å²) in [5.74, 6) is 1.47. The van der Waals surface area contributed by atoms with Crippen LogP contribution in [-0.2, 0) is 4.79 Å². The minimum Gasteiger partial charge on any atom is -0.334 e. The van der Waals surface area contributed by atoms with Gasteiger partial charge in [0, 0.05) is 31.6 Å². The van der Waals surface area contributed by atoms with E-state index in [1.165, 1.54) is 0 Å². The molecule has 1 N–H and O–H groups in total. The molecule has 2 aromatic heterocycles. The number of carbonyl (C=O) groups is 1. The Morgan fingerprint density at radius 2 is 2.14 bits per heavy atom. The van der Waals surface area contributed by atoms with Crippen molar-refractivity contribution in [2.24, 2.45) is 0 Å². The van der Waals surface area contributed by atoms with Gasteiger partial charge in [-0.1, -0.05) is 6.07 Å². The standard InChI is InChI=1S/C16H19N5O/c1-11-5-3-7-14(19-11)20-16-15(17-8-9-18-16)13-6-4-10-21(13)12(2)22/h3,5,7-9,13H,4,6,10H2,1-2H3,(H,18,19,20)/t13-/m1/s1. The van der Waals surface area contributed by atoms with Crippen molar-refractivity contribution in [2.75, 3.05) is 11.9 Å². The van der Waals surface area contributed by atoms with E-state index in [-0.39, 0.29) is 11.9 Å². The molecule has 2 aromatic rings. The van der Waals surface area contributed by atoms with Crippen molar-refractivity contribution in [3.8, 4) is 0 Å². The predicted octanol–water partition coefficient (Wildman–Crippen LogP) is 2.61. The molecule has 1 fully saturated rings. The number of carbonyl (C=O) groups excluding carboxylic acids is 1. The molecule has 1 aliphatic rings. The Kier molecular flexibility index (Phi) is 4.00. The Bertz CT molecular complexity index is 688. The quantitative estimate of drug-likeness (QED) is 0.943. The van der Waals surface area contributed by atoms with E-state index in [1.807, 2.05) is 30.0 Å². The maximum Gasteiger partial charge on any atom is 0.220 e. The number of nitrogens with one attached hydrogen (secondary N) is 1. The second kappa shape index (κ2) is 6.09. The molecule has 114 valence electrons. The fourth-order valence-electron chi connectivity index (χ4n) is 2.85. The molecule has 1 amide bonds. The topological polar surface area (TPSA) is 71.0 Å². The lowest BCUT2D eigenvalue weighted by Gasteiger charge is -2.24. The summed E-state index contributed by atoms with van der Waals surface area (Å²) in [4.78, 5) is 26.9. The molecule has 6 nitrogen and oxygen atoms in total. The van der Waals surface area contributed by atoms with Crippen LogP contribution in [0, 0.1) is 6.92 Å². The van der Waals surface area contributed by atoms with Gasteiger partial charge in [-0.3, -0.25) is 9.78 Å². The third-order valence-electron chi connectivity index (χ3n) is 3.83. The summed E-state index contributed by atoms with van der Waals surface area (Å²) in [6.07, 6.45) is 5.21.